The van der Waals surface area contributed by atoms with Crippen molar-refractivity contribution in [2.75, 3.05) is 52.8 Å². The van der Waals surface area contributed by atoms with E-state index in [1.807, 2.05) is 64.3 Å². The van der Waals surface area contributed by atoms with E-state index in [0.29, 0.717) is 26.2 Å². The number of aryl methyl sites for hydroxylation is 1. The van der Waals surface area contributed by atoms with Gasteiger partial charge >= 0.3 is 0 Å². The first-order valence-electron chi connectivity index (χ1n) is 9.24. The first kappa shape index (κ1) is 20.8. The highest BCUT2D eigenvalue weighted by atomic mass is 16.5. The van der Waals surface area contributed by atoms with Crippen LogP contribution in [0.1, 0.15) is 11.1 Å². The molecule has 1 amide bonds. The number of ether oxygens (including phenoxy) is 1. The summed E-state index contributed by atoms with van der Waals surface area (Å²) in [5.74, 6) is 1.00. The summed E-state index contributed by atoms with van der Waals surface area (Å²) in [5.41, 5.74) is 3.40. The Kier molecular flexibility index (Phi) is 7.67. The number of likely N-dealkylation sites (N-methyl/N-ethyl adjacent to an activating group) is 2. The summed E-state index contributed by atoms with van der Waals surface area (Å²) in [6.07, 6.45) is 0. The third-order valence-corrected chi connectivity index (χ3v) is 4.53. The molecule has 0 aliphatic heterocycles. The molecule has 0 unspecified atom stereocenters. The van der Waals surface area contributed by atoms with Gasteiger partial charge in [-0.3, -0.25) is 9.69 Å². The predicted molar refractivity (Wildman–Crippen MR) is 111 cm³/mol. The lowest BCUT2D eigenvalue weighted by molar-refractivity contribution is -0.131. The van der Waals surface area contributed by atoms with Gasteiger partial charge in [-0.1, -0.05) is 30.3 Å². The summed E-state index contributed by atoms with van der Waals surface area (Å²) in [5, 5.41) is 0. The normalized spacial score (nSPS) is 10.7. The molecule has 0 spiro atoms. The Morgan fingerprint density at radius 3 is 2.26 bits per heavy atom. The van der Waals surface area contributed by atoms with Gasteiger partial charge in [0.1, 0.15) is 12.4 Å². The van der Waals surface area contributed by atoms with E-state index < -0.39 is 0 Å². The molecule has 0 aliphatic rings. The predicted octanol–water partition coefficient (Wildman–Crippen LogP) is 3.03. The summed E-state index contributed by atoms with van der Waals surface area (Å²) in [4.78, 5) is 18.3. The zero-order valence-electron chi connectivity index (χ0n) is 17.1. The Hall–Kier alpha value is -2.53. The molecule has 5 heteroatoms. The third kappa shape index (κ3) is 6.61. The van der Waals surface area contributed by atoms with Crippen LogP contribution in [0.25, 0.3) is 0 Å². The lowest BCUT2D eigenvalue weighted by atomic mass is 10.2. The van der Waals surface area contributed by atoms with Crippen molar-refractivity contribution in [1.82, 2.24) is 9.80 Å². The van der Waals surface area contributed by atoms with Gasteiger partial charge in [0.2, 0.25) is 5.91 Å². The highest BCUT2D eigenvalue weighted by molar-refractivity contribution is 5.78. The zero-order chi connectivity index (χ0) is 19.8. The number of hydrogen-bond acceptors (Lipinski definition) is 4. The first-order chi connectivity index (χ1) is 12.9. The quantitative estimate of drug-likeness (QED) is 0.681. The summed E-state index contributed by atoms with van der Waals surface area (Å²) in [6.45, 7) is 4.28. The topological polar surface area (TPSA) is 36.0 Å². The molecule has 0 saturated heterocycles. The van der Waals surface area contributed by atoms with Crippen LogP contribution in [0.2, 0.25) is 0 Å². The second-order valence-corrected chi connectivity index (χ2v) is 7.16. The summed E-state index contributed by atoms with van der Waals surface area (Å²) in [7, 11) is 7.82. The van der Waals surface area contributed by atoms with E-state index in [2.05, 4.69) is 29.2 Å². The molecule has 2 rings (SSSR count). The van der Waals surface area contributed by atoms with Gasteiger partial charge in [-0.05, 0) is 43.3 Å². The Balaban J connectivity index is 1.75. The fraction of sp³-hybridized carbons (Fsp3) is 0.409. The van der Waals surface area contributed by atoms with Gasteiger partial charge in [-0.15, -0.1) is 0 Å². The molecule has 0 heterocycles. The number of rotatable bonds is 9. The van der Waals surface area contributed by atoms with Gasteiger partial charge in [-0.25, -0.2) is 0 Å². The number of anilines is 1. The highest BCUT2D eigenvalue weighted by Crippen LogP contribution is 2.16. The third-order valence-electron chi connectivity index (χ3n) is 4.53. The second kappa shape index (κ2) is 9.97. The monoisotopic (exact) mass is 369 g/mol. The van der Waals surface area contributed by atoms with Crippen molar-refractivity contribution >= 4 is 11.6 Å². The molecule has 0 atom stereocenters. The van der Waals surface area contributed by atoms with Crippen molar-refractivity contribution in [3.05, 3.63) is 59.7 Å². The number of carbonyl (C=O) groups excluding carboxylic acids is 1. The lowest BCUT2D eigenvalue weighted by Gasteiger charge is -2.22. The van der Waals surface area contributed by atoms with Crippen LogP contribution in [0.3, 0.4) is 0 Å². The highest BCUT2D eigenvalue weighted by Gasteiger charge is 2.12. The summed E-state index contributed by atoms with van der Waals surface area (Å²) < 4.78 is 5.81. The number of hydrogen-bond donors (Lipinski definition) is 0. The van der Waals surface area contributed by atoms with E-state index in [1.165, 1.54) is 0 Å². The van der Waals surface area contributed by atoms with Crippen molar-refractivity contribution in [2.24, 2.45) is 0 Å². The number of benzene rings is 2. The zero-order valence-corrected chi connectivity index (χ0v) is 17.1. The van der Waals surface area contributed by atoms with Crippen molar-refractivity contribution in [2.45, 2.75) is 13.5 Å². The summed E-state index contributed by atoms with van der Waals surface area (Å²) >= 11 is 0. The molecule has 27 heavy (non-hydrogen) atoms. The number of nitrogens with zero attached hydrogens (tertiary/aromatic N) is 3. The fourth-order valence-corrected chi connectivity index (χ4v) is 2.72. The largest absolute Gasteiger partial charge is 0.492 e. The maximum absolute atomic E-state index is 12.5. The molecule has 0 aromatic heterocycles. The van der Waals surface area contributed by atoms with Crippen LogP contribution >= 0.6 is 0 Å². The van der Waals surface area contributed by atoms with E-state index in [-0.39, 0.29) is 5.91 Å². The maximum Gasteiger partial charge on any atom is 0.236 e. The van der Waals surface area contributed by atoms with Gasteiger partial charge in [0.05, 0.1) is 6.54 Å². The summed E-state index contributed by atoms with van der Waals surface area (Å²) in [6, 6.07) is 16.2. The molecule has 0 saturated carbocycles. The molecule has 2 aromatic rings. The average Bonchev–Trinajstić information content (AvgIpc) is 2.63. The van der Waals surface area contributed by atoms with Crippen molar-refractivity contribution in [3.63, 3.8) is 0 Å². The molecule has 0 bridgehead atoms. The minimum absolute atomic E-state index is 0.102. The average molecular weight is 370 g/mol. The molecule has 146 valence electrons. The minimum Gasteiger partial charge on any atom is -0.492 e. The standard InChI is InChI=1S/C22H31N3O2/c1-18-8-6-7-9-21(18)27-15-14-24(4)17-22(26)25(5)16-19-10-12-20(13-11-19)23(2)3/h6-13H,14-17H2,1-5H3. The van der Waals surface area contributed by atoms with Gasteiger partial charge in [0.15, 0.2) is 0 Å². The van der Waals surface area contributed by atoms with Gasteiger partial charge < -0.3 is 14.5 Å². The Labute approximate surface area is 163 Å². The molecule has 0 radical (unpaired) electrons. The molecule has 0 N–H and O–H groups in total. The van der Waals surface area contributed by atoms with Crippen LogP contribution in [0.5, 0.6) is 5.75 Å². The van der Waals surface area contributed by atoms with Crippen LogP contribution in [0.4, 0.5) is 5.69 Å². The molecule has 5 nitrogen and oxygen atoms in total. The lowest BCUT2D eigenvalue weighted by Crippen LogP contribution is -2.37. The molecular weight excluding hydrogens is 338 g/mol. The van der Waals surface area contributed by atoms with Crippen LogP contribution < -0.4 is 9.64 Å². The molecule has 2 aromatic carbocycles. The Morgan fingerprint density at radius 2 is 1.63 bits per heavy atom. The van der Waals surface area contributed by atoms with Crippen molar-refractivity contribution in [3.8, 4) is 5.75 Å². The smallest absolute Gasteiger partial charge is 0.236 e. The molecule has 0 aliphatic carbocycles. The minimum atomic E-state index is 0.102. The number of para-hydroxylation sites is 1. The van der Waals surface area contributed by atoms with E-state index in [0.717, 1.165) is 22.6 Å². The van der Waals surface area contributed by atoms with Gasteiger partial charge in [0, 0.05) is 39.9 Å². The number of carbonyl (C=O) groups is 1. The molecule has 0 fully saturated rings. The molecular formula is C22H31N3O2. The SMILES string of the molecule is Cc1ccccc1OCCN(C)CC(=O)N(C)Cc1ccc(N(C)C)cc1. The first-order valence-corrected chi connectivity index (χ1v) is 9.24. The van der Waals surface area contributed by atoms with Crippen LogP contribution in [0, 0.1) is 6.92 Å². The Morgan fingerprint density at radius 1 is 0.963 bits per heavy atom. The van der Waals surface area contributed by atoms with E-state index in [4.69, 9.17) is 4.74 Å². The van der Waals surface area contributed by atoms with Crippen LogP contribution in [-0.4, -0.2) is 63.6 Å². The second-order valence-electron chi connectivity index (χ2n) is 7.16. The van der Waals surface area contributed by atoms with Crippen molar-refractivity contribution in [1.29, 1.82) is 0 Å². The van der Waals surface area contributed by atoms with E-state index >= 15 is 0 Å². The van der Waals surface area contributed by atoms with Gasteiger partial charge in [0.25, 0.3) is 0 Å². The number of amides is 1. The van der Waals surface area contributed by atoms with E-state index in [1.54, 1.807) is 4.90 Å². The van der Waals surface area contributed by atoms with Crippen LogP contribution in [0.15, 0.2) is 48.5 Å². The van der Waals surface area contributed by atoms with Crippen molar-refractivity contribution < 1.29 is 9.53 Å². The van der Waals surface area contributed by atoms with E-state index in [9.17, 15) is 4.79 Å². The Bertz CT molecular complexity index is 729. The maximum atomic E-state index is 12.5. The van der Waals surface area contributed by atoms with Gasteiger partial charge in [-0.2, -0.15) is 0 Å². The van der Waals surface area contributed by atoms with Crippen LogP contribution in [-0.2, 0) is 11.3 Å². The fourth-order valence-electron chi connectivity index (χ4n) is 2.72.